The number of halogens is 1. The number of benzene rings is 1. The van der Waals surface area contributed by atoms with E-state index < -0.39 is 6.04 Å². The molecule has 1 aromatic carbocycles. The van der Waals surface area contributed by atoms with Gasteiger partial charge in [0.25, 0.3) is 0 Å². The molecule has 162 valence electrons. The molecule has 3 amide bonds. The number of carbonyl (C=O) groups excluding carboxylic acids is 2. The highest BCUT2D eigenvalue weighted by Gasteiger charge is 2.37. The lowest BCUT2D eigenvalue weighted by atomic mass is 10.0. The number of nitrogen functional groups attached to an aromatic ring is 1. The van der Waals surface area contributed by atoms with Gasteiger partial charge in [0.05, 0.1) is 15.5 Å². The number of piperazine rings is 1. The maximum absolute atomic E-state index is 13.2. The molecule has 0 bridgehead atoms. The van der Waals surface area contributed by atoms with Crippen LogP contribution in [0.1, 0.15) is 25.3 Å². The van der Waals surface area contributed by atoms with Crippen molar-refractivity contribution >= 4 is 61.1 Å². The summed E-state index contributed by atoms with van der Waals surface area (Å²) in [6.07, 6.45) is 4.46. The first-order valence-electron chi connectivity index (χ1n) is 9.93. The van der Waals surface area contributed by atoms with E-state index in [1.807, 2.05) is 25.1 Å². The topological polar surface area (TPSA) is 117 Å². The van der Waals surface area contributed by atoms with Crippen LogP contribution in [0.5, 0.6) is 0 Å². The molecule has 1 aliphatic rings. The molecule has 3 aromatic rings. The third-order valence-corrected chi connectivity index (χ3v) is 6.59. The summed E-state index contributed by atoms with van der Waals surface area (Å²) in [5, 5.41) is 4.09. The Labute approximate surface area is 191 Å². The van der Waals surface area contributed by atoms with Gasteiger partial charge in [-0.1, -0.05) is 30.7 Å². The van der Waals surface area contributed by atoms with Crippen LogP contribution < -0.4 is 11.1 Å². The van der Waals surface area contributed by atoms with Crippen LogP contribution in [0.4, 0.5) is 15.7 Å². The van der Waals surface area contributed by atoms with Gasteiger partial charge in [0.15, 0.2) is 5.13 Å². The van der Waals surface area contributed by atoms with Crippen molar-refractivity contribution in [2.75, 3.05) is 24.1 Å². The van der Waals surface area contributed by atoms with E-state index in [0.29, 0.717) is 37.0 Å². The molecular formula is C20H22BrN7O2S. The average molecular weight is 504 g/mol. The van der Waals surface area contributed by atoms with Gasteiger partial charge in [-0.05, 0) is 40.0 Å². The molecule has 0 aliphatic carbocycles. The maximum Gasteiger partial charge on any atom is 0.324 e. The van der Waals surface area contributed by atoms with E-state index in [4.69, 9.17) is 5.73 Å². The number of rotatable bonds is 5. The van der Waals surface area contributed by atoms with Gasteiger partial charge in [-0.2, -0.15) is 0 Å². The summed E-state index contributed by atoms with van der Waals surface area (Å²) in [7, 11) is 0. The predicted octanol–water partition coefficient (Wildman–Crippen LogP) is 3.48. The summed E-state index contributed by atoms with van der Waals surface area (Å²) in [4.78, 5) is 41.9. The minimum atomic E-state index is -0.499. The fourth-order valence-corrected chi connectivity index (χ4v) is 4.81. The number of carbonyl (C=O) groups is 2. The number of hydrogen-bond donors (Lipinski definition) is 2. The number of anilines is 2. The predicted molar refractivity (Wildman–Crippen MR) is 124 cm³/mol. The first kappa shape index (κ1) is 21.4. The Morgan fingerprint density at radius 2 is 2.16 bits per heavy atom. The van der Waals surface area contributed by atoms with Gasteiger partial charge in [0, 0.05) is 25.0 Å². The van der Waals surface area contributed by atoms with Crippen LogP contribution >= 0.6 is 27.3 Å². The SMILES string of the molecule is CCC[C@H]1C(=O)N(Cc2ccc3c(N)ncnc3c2)CCN1C(=O)Nc1ncc(Br)s1. The van der Waals surface area contributed by atoms with Gasteiger partial charge in [0.2, 0.25) is 5.91 Å². The highest BCUT2D eigenvalue weighted by atomic mass is 79.9. The van der Waals surface area contributed by atoms with E-state index in [-0.39, 0.29) is 11.9 Å². The molecule has 0 spiro atoms. The quantitative estimate of drug-likeness (QED) is 0.550. The molecule has 3 N–H and O–H groups in total. The number of nitrogens with zero attached hydrogens (tertiary/aromatic N) is 5. The van der Waals surface area contributed by atoms with Crippen molar-refractivity contribution in [2.24, 2.45) is 0 Å². The number of amides is 3. The normalized spacial score (nSPS) is 16.7. The molecule has 0 saturated carbocycles. The summed E-state index contributed by atoms with van der Waals surface area (Å²) >= 11 is 4.67. The van der Waals surface area contributed by atoms with Crippen molar-refractivity contribution in [1.82, 2.24) is 24.8 Å². The Balaban J connectivity index is 1.49. The maximum atomic E-state index is 13.2. The van der Waals surface area contributed by atoms with Crippen LogP contribution in [0.25, 0.3) is 10.9 Å². The Bertz CT molecular complexity index is 1120. The lowest BCUT2D eigenvalue weighted by Crippen LogP contribution is -2.59. The van der Waals surface area contributed by atoms with Crippen molar-refractivity contribution in [3.05, 3.63) is 40.1 Å². The van der Waals surface area contributed by atoms with Crippen molar-refractivity contribution < 1.29 is 9.59 Å². The fraction of sp³-hybridized carbons (Fsp3) is 0.350. The molecule has 9 nitrogen and oxygen atoms in total. The van der Waals surface area contributed by atoms with Crippen molar-refractivity contribution in [1.29, 1.82) is 0 Å². The molecule has 31 heavy (non-hydrogen) atoms. The molecular weight excluding hydrogens is 482 g/mol. The molecule has 0 radical (unpaired) electrons. The second kappa shape index (κ2) is 9.15. The Morgan fingerprint density at radius 3 is 2.90 bits per heavy atom. The van der Waals surface area contributed by atoms with Gasteiger partial charge in [0.1, 0.15) is 18.2 Å². The van der Waals surface area contributed by atoms with Crippen LogP contribution in [0, 0.1) is 0 Å². The zero-order valence-electron chi connectivity index (χ0n) is 16.9. The van der Waals surface area contributed by atoms with E-state index in [0.717, 1.165) is 26.7 Å². The highest BCUT2D eigenvalue weighted by Crippen LogP contribution is 2.25. The summed E-state index contributed by atoms with van der Waals surface area (Å²) in [6, 6.07) is 4.94. The number of nitrogens with two attached hydrogens (primary N) is 1. The van der Waals surface area contributed by atoms with Crippen LogP contribution in [-0.4, -0.2) is 55.8 Å². The average Bonchev–Trinajstić information content (AvgIpc) is 3.15. The summed E-state index contributed by atoms with van der Waals surface area (Å²) < 4.78 is 0.830. The summed E-state index contributed by atoms with van der Waals surface area (Å²) in [5.74, 6) is 0.383. The van der Waals surface area contributed by atoms with E-state index in [1.54, 1.807) is 16.0 Å². The van der Waals surface area contributed by atoms with Crippen LogP contribution in [-0.2, 0) is 11.3 Å². The Morgan fingerprint density at radius 1 is 1.32 bits per heavy atom. The monoisotopic (exact) mass is 503 g/mol. The van der Waals surface area contributed by atoms with E-state index in [2.05, 4.69) is 36.2 Å². The van der Waals surface area contributed by atoms with Crippen molar-refractivity contribution in [3.8, 4) is 0 Å². The van der Waals surface area contributed by atoms with Crippen molar-refractivity contribution in [3.63, 3.8) is 0 Å². The van der Waals surface area contributed by atoms with Crippen LogP contribution in [0.15, 0.2) is 34.5 Å². The number of nitrogens with one attached hydrogen (secondary N) is 1. The van der Waals surface area contributed by atoms with E-state index in [1.165, 1.54) is 17.7 Å². The minimum absolute atomic E-state index is 0.0501. The number of thiazole rings is 1. The summed E-state index contributed by atoms with van der Waals surface area (Å²) in [5.41, 5.74) is 7.60. The lowest BCUT2D eigenvalue weighted by molar-refractivity contribution is -0.140. The first-order valence-corrected chi connectivity index (χ1v) is 11.5. The molecule has 11 heteroatoms. The fourth-order valence-electron chi connectivity index (χ4n) is 3.71. The third kappa shape index (κ3) is 4.62. The van der Waals surface area contributed by atoms with Crippen LogP contribution in [0.3, 0.4) is 0 Å². The van der Waals surface area contributed by atoms with Gasteiger partial charge in [-0.25, -0.2) is 19.7 Å². The number of fused-ring (bicyclic) bond motifs is 1. The lowest BCUT2D eigenvalue weighted by Gasteiger charge is -2.40. The van der Waals surface area contributed by atoms with E-state index >= 15 is 0 Å². The molecule has 4 rings (SSSR count). The number of urea groups is 1. The molecule has 1 saturated heterocycles. The second-order valence-electron chi connectivity index (χ2n) is 7.27. The van der Waals surface area contributed by atoms with Crippen molar-refractivity contribution in [2.45, 2.75) is 32.4 Å². The minimum Gasteiger partial charge on any atom is -0.383 e. The molecule has 1 fully saturated rings. The standard InChI is InChI=1S/C20H22BrN7O2S/c1-2-3-15-18(29)27(6-7-28(15)20(30)26-19-23-9-16(21)31-19)10-12-4-5-13-14(8-12)24-11-25-17(13)22/h4-5,8-9,11,15H,2-3,6-7,10H2,1H3,(H2,22,24,25)(H,23,26,30)/t15-/m0/s1. The van der Waals surface area contributed by atoms with Gasteiger partial charge in [-0.3, -0.25) is 10.1 Å². The third-order valence-electron chi connectivity index (χ3n) is 5.20. The number of hydrogen-bond acceptors (Lipinski definition) is 7. The Hall–Kier alpha value is -2.79. The zero-order chi connectivity index (χ0) is 22.0. The van der Waals surface area contributed by atoms with E-state index in [9.17, 15) is 9.59 Å². The summed E-state index contributed by atoms with van der Waals surface area (Å²) in [6.45, 7) is 3.37. The largest absolute Gasteiger partial charge is 0.383 e. The molecule has 0 unspecified atom stereocenters. The Kier molecular flexibility index (Phi) is 6.33. The molecule has 1 aliphatic heterocycles. The van der Waals surface area contributed by atoms with Gasteiger partial charge < -0.3 is 15.5 Å². The second-order valence-corrected chi connectivity index (χ2v) is 9.68. The first-order chi connectivity index (χ1) is 15.0. The zero-order valence-corrected chi connectivity index (χ0v) is 19.3. The molecule has 1 atom stereocenters. The highest BCUT2D eigenvalue weighted by molar-refractivity contribution is 9.11. The molecule has 2 aromatic heterocycles. The van der Waals surface area contributed by atoms with Gasteiger partial charge in [-0.15, -0.1) is 0 Å². The van der Waals surface area contributed by atoms with Gasteiger partial charge >= 0.3 is 6.03 Å². The molecule has 3 heterocycles. The number of aromatic nitrogens is 3. The van der Waals surface area contributed by atoms with Crippen LogP contribution in [0.2, 0.25) is 0 Å². The smallest absolute Gasteiger partial charge is 0.324 e.